The molecule has 0 aromatic heterocycles. The Balaban J connectivity index is 1.27. The number of hydrogen-bond donors (Lipinski definition) is 0. The predicted octanol–water partition coefficient (Wildman–Crippen LogP) is 10.7. The molecule has 0 radical (unpaired) electrons. The molecule has 0 atom stereocenters. The lowest BCUT2D eigenvalue weighted by Crippen LogP contribution is -2.68. The lowest BCUT2D eigenvalue weighted by molar-refractivity contribution is 0.0223. The molecule has 0 saturated heterocycles. The average molecular weight is 837 g/mol. The summed E-state index contributed by atoms with van der Waals surface area (Å²) in [5.41, 5.74) is 3.22. The van der Waals surface area contributed by atoms with Crippen LogP contribution in [-0.2, 0) is 10.3 Å². The van der Waals surface area contributed by atoms with E-state index in [1.165, 1.54) is 20.7 Å². The summed E-state index contributed by atoms with van der Waals surface area (Å²) in [6, 6.07) is 58.5. The molecule has 0 bridgehead atoms. The first-order valence-electron chi connectivity index (χ1n) is 21.1. The molecule has 2 heterocycles. The predicted molar refractivity (Wildman–Crippen MR) is 251 cm³/mol. The lowest BCUT2D eigenvalue weighted by Gasteiger charge is -2.44. The fourth-order valence-electron chi connectivity index (χ4n) is 9.88. The van der Waals surface area contributed by atoms with Crippen LogP contribution in [0.2, 0.25) is 10.1 Å². The van der Waals surface area contributed by atoms with Crippen LogP contribution in [0.15, 0.2) is 170 Å². The Labute approximate surface area is 362 Å². The van der Waals surface area contributed by atoms with Crippen LogP contribution >= 0.6 is 0 Å². The van der Waals surface area contributed by atoms with Gasteiger partial charge >= 0.3 is 22.6 Å². The number of carbonyl (C=O) groups is 1. The van der Waals surface area contributed by atoms with E-state index >= 15 is 0 Å². The Bertz CT molecular complexity index is 2520. The summed E-state index contributed by atoms with van der Waals surface area (Å²) in [6.07, 6.45) is 0. The molecule has 306 valence electrons. The molecular formula is C54H52O5Si2. The fourth-order valence-corrected chi connectivity index (χ4v) is 18.8. The molecule has 61 heavy (non-hydrogen) atoms. The summed E-state index contributed by atoms with van der Waals surface area (Å²) in [5.74, 6) is 2.30. The van der Waals surface area contributed by atoms with Gasteiger partial charge in [0.05, 0.1) is 5.56 Å². The maximum atomic E-state index is 14.0. The molecule has 0 unspecified atom stereocenters. The van der Waals surface area contributed by atoms with E-state index in [0.29, 0.717) is 17.1 Å². The van der Waals surface area contributed by atoms with Crippen molar-refractivity contribution in [2.75, 3.05) is 0 Å². The van der Waals surface area contributed by atoms with Crippen molar-refractivity contribution in [3.05, 3.63) is 203 Å². The quantitative estimate of drug-likeness (QED) is 0.113. The zero-order valence-corrected chi connectivity index (χ0v) is 38.2. The van der Waals surface area contributed by atoms with Crippen LogP contribution in [0, 0.1) is 13.8 Å². The number of esters is 1. The first-order chi connectivity index (χ1) is 29.2. The lowest BCUT2D eigenvalue weighted by atomic mass is 9.76. The van der Waals surface area contributed by atoms with Crippen molar-refractivity contribution in [2.24, 2.45) is 0 Å². The molecule has 0 N–H and O–H groups in total. The van der Waals surface area contributed by atoms with Gasteiger partial charge in [0.15, 0.2) is 5.60 Å². The zero-order valence-electron chi connectivity index (χ0n) is 36.2. The van der Waals surface area contributed by atoms with Gasteiger partial charge in [0.2, 0.25) is 0 Å². The van der Waals surface area contributed by atoms with Gasteiger partial charge in [-0.15, -0.1) is 0 Å². The van der Waals surface area contributed by atoms with Gasteiger partial charge < -0.3 is 18.3 Å². The van der Waals surface area contributed by atoms with E-state index in [2.05, 4.69) is 177 Å². The second-order valence-corrected chi connectivity index (χ2v) is 26.8. The van der Waals surface area contributed by atoms with Gasteiger partial charge in [0.25, 0.3) is 0 Å². The van der Waals surface area contributed by atoms with E-state index in [-0.39, 0.29) is 16.0 Å². The van der Waals surface area contributed by atoms with Crippen LogP contribution in [0.3, 0.4) is 0 Å². The van der Waals surface area contributed by atoms with Gasteiger partial charge in [-0.2, -0.15) is 0 Å². The van der Waals surface area contributed by atoms with Crippen LogP contribution in [0.1, 0.15) is 79.7 Å². The van der Waals surface area contributed by atoms with Crippen molar-refractivity contribution in [1.82, 2.24) is 0 Å². The van der Waals surface area contributed by atoms with Crippen molar-refractivity contribution in [1.29, 1.82) is 0 Å². The minimum Gasteiger partial charge on any atom is -0.534 e. The highest BCUT2D eigenvalue weighted by molar-refractivity contribution is 7.00. The number of fused-ring (bicyclic) bond motifs is 6. The average Bonchev–Trinajstić information content (AvgIpc) is 3.56. The van der Waals surface area contributed by atoms with E-state index in [1.807, 2.05) is 48.5 Å². The van der Waals surface area contributed by atoms with E-state index in [1.54, 1.807) is 0 Å². The standard InChI is InChI=1S/C54H52O5Si2/c1-37-47(58-60(52(3,4)5,39-23-13-9-14-24-39)40-25-15-10-16-26-40)35-33-45-49(37)56-50-38(2)48(36-34-46(50)54(45)44-32-22-21-31-43(44)51(55)57-54)59-61(53(6,7)8,41-27-17-11-18-28-41)42-29-19-12-20-30-42/h9-36H,1-8H3. The monoisotopic (exact) mass is 836 g/mol. The summed E-state index contributed by atoms with van der Waals surface area (Å²) >= 11 is 0. The summed E-state index contributed by atoms with van der Waals surface area (Å²) in [4.78, 5) is 14.0. The van der Waals surface area contributed by atoms with Crippen LogP contribution in [-0.4, -0.2) is 22.6 Å². The molecular weight excluding hydrogens is 785 g/mol. The summed E-state index contributed by atoms with van der Waals surface area (Å²) in [7, 11) is -6.07. The topological polar surface area (TPSA) is 54.0 Å². The minimum absolute atomic E-state index is 0.267. The largest absolute Gasteiger partial charge is 0.534 e. The number of hydrogen-bond acceptors (Lipinski definition) is 5. The third-order valence-corrected chi connectivity index (χ3v) is 22.7. The Hall–Kier alpha value is -6.16. The van der Waals surface area contributed by atoms with Crippen LogP contribution in [0.5, 0.6) is 23.0 Å². The molecule has 9 rings (SSSR count). The molecule has 0 aliphatic carbocycles. The van der Waals surface area contributed by atoms with Gasteiger partial charge in [-0.25, -0.2) is 4.79 Å². The third-order valence-electron chi connectivity index (χ3n) is 12.8. The summed E-state index contributed by atoms with van der Waals surface area (Å²) in [5, 5.41) is 4.16. The number of rotatable bonds is 8. The molecule has 2 aliphatic rings. The van der Waals surface area contributed by atoms with Crippen LogP contribution in [0.25, 0.3) is 0 Å². The molecule has 7 aromatic carbocycles. The Kier molecular flexibility index (Phi) is 9.76. The normalized spacial score (nSPS) is 14.3. The Morgan fingerprint density at radius 3 is 1.15 bits per heavy atom. The van der Waals surface area contributed by atoms with Gasteiger partial charge in [0, 0.05) is 27.8 Å². The van der Waals surface area contributed by atoms with Crippen molar-refractivity contribution in [2.45, 2.75) is 71.1 Å². The summed E-state index contributed by atoms with van der Waals surface area (Å²) < 4.78 is 29.3. The highest BCUT2D eigenvalue weighted by Gasteiger charge is 2.57. The number of benzene rings is 7. The fraction of sp³-hybridized carbons (Fsp3) is 0.204. The SMILES string of the molecule is Cc1c(O[Si](c2ccccc2)(c2ccccc2)C(C)(C)C)ccc2c1Oc1c(ccc(O[Si](c3ccccc3)(c3ccccc3)C(C)(C)C)c1C)C21OC(=O)c2ccccc21. The van der Waals surface area contributed by atoms with E-state index in [9.17, 15) is 4.79 Å². The zero-order chi connectivity index (χ0) is 42.8. The maximum Gasteiger partial charge on any atom is 0.340 e. The maximum absolute atomic E-state index is 14.0. The first-order valence-corrected chi connectivity index (χ1v) is 24.9. The van der Waals surface area contributed by atoms with Crippen LogP contribution in [0.4, 0.5) is 0 Å². The Morgan fingerprint density at radius 1 is 0.443 bits per heavy atom. The first kappa shape index (κ1) is 40.3. The number of ether oxygens (including phenoxy) is 2. The minimum atomic E-state index is -3.03. The van der Waals surface area contributed by atoms with Crippen molar-refractivity contribution >= 4 is 43.4 Å². The molecule has 2 aliphatic heterocycles. The van der Waals surface area contributed by atoms with E-state index in [0.717, 1.165) is 39.3 Å². The molecule has 0 amide bonds. The van der Waals surface area contributed by atoms with Crippen molar-refractivity contribution in [3.63, 3.8) is 0 Å². The second-order valence-electron chi connectivity index (χ2n) is 18.4. The third kappa shape index (κ3) is 6.11. The number of carbonyl (C=O) groups excluding carboxylic acids is 1. The van der Waals surface area contributed by atoms with E-state index in [4.69, 9.17) is 18.3 Å². The van der Waals surface area contributed by atoms with Gasteiger partial charge in [-0.3, -0.25) is 0 Å². The highest BCUT2D eigenvalue weighted by Crippen LogP contribution is 2.59. The second kappa shape index (κ2) is 14.8. The molecule has 1 spiro atoms. The molecule has 0 saturated carbocycles. The van der Waals surface area contributed by atoms with Gasteiger partial charge in [-0.1, -0.05) is 181 Å². The van der Waals surface area contributed by atoms with Gasteiger partial charge in [0.1, 0.15) is 23.0 Å². The molecule has 7 aromatic rings. The smallest absolute Gasteiger partial charge is 0.340 e. The summed E-state index contributed by atoms with van der Waals surface area (Å²) in [6.45, 7) is 17.8. The van der Waals surface area contributed by atoms with Crippen LogP contribution < -0.4 is 34.3 Å². The molecule has 5 nitrogen and oxygen atoms in total. The molecule has 7 heteroatoms. The molecule has 0 fully saturated rings. The van der Waals surface area contributed by atoms with Gasteiger partial charge in [-0.05, 0) is 75.0 Å². The van der Waals surface area contributed by atoms with Crippen molar-refractivity contribution in [3.8, 4) is 23.0 Å². The highest BCUT2D eigenvalue weighted by atomic mass is 28.4. The van der Waals surface area contributed by atoms with Crippen molar-refractivity contribution < 1.29 is 23.1 Å². The van der Waals surface area contributed by atoms with E-state index < -0.39 is 22.2 Å². The Morgan fingerprint density at radius 2 is 0.787 bits per heavy atom.